The third-order valence-electron chi connectivity index (χ3n) is 4.10. The number of likely N-dealkylation sites (tertiary alicyclic amines) is 1. The van der Waals surface area contributed by atoms with E-state index >= 15 is 0 Å². The number of rotatable bonds is 5. The van der Waals surface area contributed by atoms with Gasteiger partial charge in [-0.3, -0.25) is 4.79 Å². The molecule has 2 unspecified atom stereocenters. The monoisotopic (exact) mass is 312 g/mol. The summed E-state index contributed by atoms with van der Waals surface area (Å²) in [6, 6.07) is 9.31. The van der Waals surface area contributed by atoms with Gasteiger partial charge in [0.15, 0.2) is 0 Å². The van der Waals surface area contributed by atoms with Crippen molar-refractivity contribution in [3.8, 4) is 0 Å². The molecule has 1 fully saturated rings. The molecule has 0 saturated carbocycles. The van der Waals surface area contributed by atoms with E-state index in [4.69, 9.17) is 5.73 Å². The Hall–Kier alpha value is -1.10. The Labute approximate surface area is 132 Å². The minimum Gasteiger partial charge on any atom is -0.388 e. The summed E-state index contributed by atoms with van der Waals surface area (Å²) in [6.07, 6.45) is 2.67. The lowest BCUT2D eigenvalue weighted by Gasteiger charge is -2.28. The van der Waals surface area contributed by atoms with Crippen molar-refractivity contribution in [1.29, 1.82) is 0 Å². The number of benzene rings is 1. The molecule has 0 aliphatic carbocycles. The molecule has 0 spiro atoms. The molecule has 2 rings (SSSR count). The zero-order valence-electron chi connectivity index (χ0n) is 12.4. The van der Waals surface area contributed by atoms with Crippen molar-refractivity contribution < 1.29 is 9.90 Å². The highest BCUT2D eigenvalue weighted by Crippen LogP contribution is 2.27. The van der Waals surface area contributed by atoms with Crippen molar-refractivity contribution in [3.63, 3.8) is 0 Å². The van der Waals surface area contributed by atoms with Crippen LogP contribution in [0.25, 0.3) is 0 Å². The normalized spacial score (nSPS) is 20.7. The van der Waals surface area contributed by atoms with Crippen LogP contribution in [-0.4, -0.2) is 34.5 Å². The second-order valence-electron chi connectivity index (χ2n) is 5.50. The van der Waals surface area contributed by atoms with Gasteiger partial charge in [0.05, 0.1) is 12.1 Å². The van der Waals surface area contributed by atoms with Gasteiger partial charge in [0, 0.05) is 12.6 Å². The molecule has 118 valence electrons. The highest BCUT2D eigenvalue weighted by molar-refractivity contribution is 5.85. The largest absolute Gasteiger partial charge is 0.388 e. The van der Waals surface area contributed by atoms with Crippen molar-refractivity contribution in [2.45, 2.75) is 50.8 Å². The van der Waals surface area contributed by atoms with Gasteiger partial charge in [0.1, 0.15) is 0 Å². The van der Waals surface area contributed by atoms with Crippen molar-refractivity contribution in [2.24, 2.45) is 5.73 Å². The van der Waals surface area contributed by atoms with E-state index in [1.807, 2.05) is 42.2 Å². The summed E-state index contributed by atoms with van der Waals surface area (Å²) in [6.45, 7) is 2.69. The van der Waals surface area contributed by atoms with E-state index in [1.54, 1.807) is 0 Å². The number of aliphatic hydroxyl groups excluding tert-OH is 1. The number of halogens is 1. The molecule has 0 bridgehead atoms. The third-order valence-corrected chi connectivity index (χ3v) is 4.10. The van der Waals surface area contributed by atoms with E-state index in [0.717, 1.165) is 24.9 Å². The van der Waals surface area contributed by atoms with Gasteiger partial charge in [-0.15, -0.1) is 12.4 Å². The number of carbonyl (C=O) groups is 1. The lowest BCUT2D eigenvalue weighted by Crippen LogP contribution is -2.46. The number of hydrogen-bond acceptors (Lipinski definition) is 3. The molecule has 1 amide bonds. The van der Waals surface area contributed by atoms with Gasteiger partial charge >= 0.3 is 0 Å². The molecule has 3 atom stereocenters. The predicted octanol–water partition coefficient (Wildman–Crippen LogP) is 2.26. The molecule has 1 saturated heterocycles. The Bertz CT molecular complexity index is 441. The van der Waals surface area contributed by atoms with E-state index in [2.05, 4.69) is 0 Å². The maximum atomic E-state index is 12.2. The first-order valence-electron chi connectivity index (χ1n) is 7.42. The Morgan fingerprint density at radius 1 is 1.43 bits per heavy atom. The number of carbonyl (C=O) groups excluding carboxylic acids is 1. The highest BCUT2D eigenvalue weighted by atomic mass is 35.5. The zero-order chi connectivity index (χ0) is 14.5. The quantitative estimate of drug-likeness (QED) is 0.876. The Morgan fingerprint density at radius 2 is 2.10 bits per heavy atom. The lowest BCUT2D eigenvalue weighted by molar-refractivity contribution is -0.133. The molecule has 0 radical (unpaired) electrons. The fourth-order valence-corrected chi connectivity index (χ4v) is 2.83. The molecule has 1 aromatic rings. The van der Waals surface area contributed by atoms with Crippen molar-refractivity contribution in [3.05, 3.63) is 35.9 Å². The summed E-state index contributed by atoms with van der Waals surface area (Å²) < 4.78 is 0. The molecule has 1 aliphatic rings. The van der Waals surface area contributed by atoms with Gasteiger partial charge in [0.25, 0.3) is 0 Å². The van der Waals surface area contributed by atoms with Crippen LogP contribution in [0.4, 0.5) is 0 Å². The van der Waals surface area contributed by atoms with Crippen LogP contribution in [0.3, 0.4) is 0 Å². The van der Waals surface area contributed by atoms with Crippen molar-refractivity contribution in [2.75, 3.05) is 6.54 Å². The van der Waals surface area contributed by atoms with E-state index in [9.17, 15) is 9.90 Å². The fraction of sp³-hybridized carbons (Fsp3) is 0.562. The predicted molar refractivity (Wildman–Crippen MR) is 86.3 cm³/mol. The Morgan fingerprint density at radius 3 is 2.71 bits per heavy atom. The SMILES string of the molecule is CC[C@H](N)C(=O)N1CCCC1CC(O)c1ccccc1.Cl. The number of hydrogen-bond donors (Lipinski definition) is 2. The van der Waals surface area contributed by atoms with Crippen LogP contribution in [0.1, 0.15) is 44.3 Å². The zero-order valence-corrected chi connectivity index (χ0v) is 13.3. The lowest BCUT2D eigenvalue weighted by atomic mass is 10.00. The Balaban J connectivity index is 0.00000220. The molecular weight excluding hydrogens is 288 g/mol. The van der Waals surface area contributed by atoms with Crippen LogP contribution in [-0.2, 0) is 4.79 Å². The maximum Gasteiger partial charge on any atom is 0.239 e. The van der Waals surface area contributed by atoms with Crippen LogP contribution < -0.4 is 5.73 Å². The molecule has 1 aliphatic heterocycles. The topological polar surface area (TPSA) is 66.6 Å². The van der Waals surface area contributed by atoms with Crippen LogP contribution in [0.2, 0.25) is 0 Å². The summed E-state index contributed by atoms with van der Waals surface area (Å²) in [7, 11) is 0. The van der Waals surface area contributed by atoms with Crippen LogP contribution in [0.15, 0.2) is 30.3 Å². The van der Waals surface area contributed by atoms with E-state index in [0.29, 0.717) is 12.8 Å². The summed E-state index contributed by atoms with van der Waals surface area (Å²) >= 11 is 0. The molecule has 1 aromatic carbocycles. The van der Waals surface area contributed by atoms with E-state index < -0.39 is 12.1 Å². The smallest absolute Gasteiger partial charge is 0.239 e. The third kappa shape index (κ3) is 4.43. The second-order valence-corrected chi connectivity index (χ2v) is 5.50. The van der Waals surface area contributed by atoms with Gasteiger partial charge in [-0.25, -0.2) is 0 Å². The average Bonchev–Trinajstić information content (AvgIpc) is 2.94. The van der Waals surface area contributed by atoms with Crippen molar-refractivity contribution >= 4 is 18.3 Å². The molecule has 3 N–H and O–H groups in total. The molecule has 21 heavy (non-hydrogen) atoms. The molecular formula is C16H25ClN2O2. The summed E-state index contributed by atoms with van der Waals surface area (Å²) in [5, 5.41) is 10.3. The Kier molecular flexibility index (Phi) is 7.15. The molecule has 5 heteroatoms. The second kappa shape index (κ2) is 8.37. The minimum absolute atomic E-state index is 0. The average molecular weight is 313 g/mol. The van der Waals surface area contributed by atoms with Crippen LogP contribution in [0.5, 0.6) is 0 Å². The first-order valence-corrected chi connectivity index (χ1v) is 7.42. The van der Waals surface area contributed by atoms with Gasteiger partial charge in [-0.1, -0.05) is 37.3 Å². The van der Waals surface area contributed by atoms with E-state index in [-0.39, 0.29) is 24.4 Å². The van der Waals surface area contributed by atoms with Crippen LogP contribution in [0, 0.1) is 0 Å². The molecule has 1 heterocycles. The number of nitrogens with zero attached hydrogens (tertiary/aromatic N) is 1. The first kappa shape index (κ1) is 18.0. The number of aliphatic hydroxyl groups is 1. The van der Waals surface area contributed by atoms with Gasteiger partial charge in [-0.05, 0) is 31.2 Å². The van der Waals surface area contributed by atoms with Crippen LogP contribution >= 0.6 is 12.4 Å². The summed E-state index contributed by atoms with van der Waals surface area (Å²) in [5.74, 6) is 0.0234. The number of amides is 1. The number of nitrogens with two attached hydrogens (primary N) is 1. The molecule has 4 nitrogen and oxygen atoms in total. The standard InChI is InChI=1S/C16H24N2O2.ClH/c1-2-14(17)16(20)18-10-6-9-13(18)11-15(19)12-7-4-3-5-8-12;/h3-5,7-8,13-15,19H,2,6,9-11,17H2,1H3;1H/t13?,14-,15?;/m0./s1. The fourth-order valence-electron chi connectivity index (χ4n) is 2.83. The molecule has 0 aromatic heterocycles. The maximum absolute atomic E-state index is 12.2. The minimum atomic E-state index is -0.521. The van der Waals surface area contributed by atoms with Gasteiger partial charge in [-0.2, -0.15) is 0 Å². The summed E-state index contributed by atoms with van der Waals surface area (Å²) in [4.78, 5) is 14.1. The first-order chi connectivity index (χ1) is 9.63. The van der Waals surface area contributed by atoms with Gasteiger partial charge < -0.3 is 15.7 Å². The van der Waals surface area contributed by atoms with Gasteiger partial charge in [0.2, 0.25) is 5.91 Å². The summed E-state index contributed by atoms with van der Waals surface area (Å²) in [5.41, 5.74) is 6.76. The highest BCUT2D eigenvalue weighted by Gasteiger charge is 2.32. The van der Waals surface area contributed by atoms with E-state index in [1.165, 1.54) is 0 Å². The van der Waals surface area contributed by atoms with Crippen molar-refractivity contribution in [1.82, 2.24) is 4.90 Å².